The summed E-state index contributed by atoms with van der Waals surface area (Å²) in [5, 5.41) is 3.82. The lowest BCUT2D eigenvalue weighted by molar-refractivity contribution is -0.135. The van der Waals surface area contributed by atoms with E-state index in [1.54, 1.807) is 0 Å². The summed E-state index contributed by atoms with van der Waals surface area (Å²) < 4.78 is 11.1. The number of hydrogen-bond donors (Lipinski definition) is 1. The van der Waals surface area contributed by atoms with Crippen molar-refractivity contribution in [1.29, 1.82) is 0 Å². The number of carbonyl (C=O) groups is 1. The molecule has 4 heteroatoms. The molecule has 1 heterocycles. The summed E-state index contributed by atoms with van der Waals surface area (Å²) in [7, 11) is 0. The number of fused-ring (bicyclic) bond motifs is 2. The van der Waals surface area contributed by atoms with Crippen molar-refractivity contribution in [3.63, 3.8) is 0 Å². The van der Waals surface area contributed by atoms with Crippen LogP contribution in [0.1, 0.15) is 56.3 Å². The Morgan fingerprint density at radius 3 is 1.61 bits per heavy atom. The van der Waals surface area contributed by atoms with Gasteiger partial charge in [0.25, 0.3) is 0 Å². The minimum Gasteiger partial charge on any atom is -0.494 e. The number of Topliss-reactive ketones (excluding diaryl/α,β-unsaturated/α-hetero) is 1. The van der Waals surface area contributed by atoms with Crippen molar-refractivity contribution in [2.24, 2.45) is 11.8 Å². The van der Waals surface area contributed by atoms with Crippen LogP contribution in [0.3, 0.4) is 0 Å². The van der Waals surface area contributed by atoms with Crippen molar-refractivity contribution in [3.05, 3.63) is 59.7 Å². The molecule has 4 atom stereocenters. The fraction of sp³-hybridized carbons (Fsp3) is 0.458. The molecule has 2 aliphatic rings. The van der Waals surface area contributed by atoms with Crippen LogP contribution in [0.4, 0.5) is 0 Å². The van der Waals surface area contributed by atoms with Gasteiger partial charge in [-0.25, -0.2) is 0 Å². The molecule has 2 aromatic carbocycles. The summed E-state index contributed by atoms with van der Waals surface area (Å²) >= 11 is 0. The number of hydrogen-bond acceptors (Lipinski definition) is 4. The monoisotopic (exact) mass is 379 g/mol. The number of ketones is 1. The fourth-order valence-electron chi connectivity index (χ4n) is 4.74. The predicted octanol–water partition coefficient (Wildman–Crippen LogP) is 4.86. The Labute approximate surface area is 167 Å². The molecule has 28 heavy (non-hydrogen) atoms. The van der Waals surface area contributed by atoms with E-state index in [-0.39, 0.29) is 23.9 Å². The zero-order valence-electron chi connectivity index (χ0n) is 16.7. The molecular formula is C24H29NO3. The van der Waals surface area contributed by atoms with Crippen LogP contribution in [-0.4, -0.2) is 19.0 Å². The van der Waals surface area contributed by atoms with E-state index in [2.05, 4.69) is 29.6 Å². The van der Waals surface area contributed by atoms with Gasteiger partial charge in [0.15, 0.2) is 0 Å². The minimum atomic E-state index is 0.0521. The van der Waals surface area contributed by atoms with Gasteiger partial charge >= 0.3 is 0 Å². The van der Waals surface area contributed by atoms with Crippen molar-refractivity contribution < 1.29 is 14.3 Å². The van der Waals surface area contributed by atoms with Gasteiger partial charge in [-0.2, -0.15) is 0 Å². The Kier molecular flexibility index (Phi) is 5.67. The first-order valence-corrected chi connectivity index (χ1v) is 10.5. The third-order valence-electron chi connectivity index (χ3n) is 6.03. The second-order valence-corrected chi connectivity index (χ2v) is 7.67. The number of rotatable bonds is 6. The molecule has 2 bridgehead atoms. The molecule has 1 saturated carbocycles. The highest BCUT2D eigenvalue weighted by Crippen LogP contribution is 2.46. The number of piperidine rings is 1. The van der Waals surface area contributed by atoms with Crippen LogP contribution in [0, 0.1) is 11.8 Å². The van der Waals surface area contributed by atoms with Crippen LogP contribution in [0.2, 0.25) is 0 Å². The third-order valence-corrected chi connectivity index (χ3v) is 6.03. The average Bonchev–Trinajstić information content (AvgIpc) is 2.70. The van der Waals surface area contributed by atoms with Crippen LogP contribution in [-0.2, 0) is 4.79 Å². The quantitative estimate of drug-likeness (QED) is 0.779. The normalized spacial score (nSPS) is 26.7. The maximum absolute atomic E-state index is 13.2. The smallest absolute Gasteiger partial charge is 0.142 e. The van der Waals surface area contributed by atoms with E-state index in [4.69, 9.17) is 9.47 Å². The highest BCUT2D eigenvalue weighted by Gasteiger charge is 2.46. The molecule has 2 fully saturated rings. The fourth-order valence-corrected chi connectivity index (χ4v) is 4.74. The van der Waals surface area contributed by atoms with Crippen LogP contribution in [0.15, 0.2) is 48.5 Å². The SMILES string of the molecule is CCOc1ccc([C@@H]2N[C@@H](c3ccc(OCC)cc3)[C@H]3CCC[C@H]2C3=O)cc1. The zero-order valence-corrected chi connectivity index (χ0v) is 16.7. The molecule has 0 aromatic heterocycles. The Morgan fingerprint density at radius 2 is 1.21 bits per heavy atom. The summed E-state index contributed by atoms with van der Waals surface area (Å²) in [4.78, 5) is 13.2. The van der Waals surface area contributed by atoms with Crippen LogP contribution < -0.4 is 14.8 Å². The lowest BCUT2D eigenvalue weighted by atomic mass is 9.67. The first-order chi connectivity index (χ1) is 13.7. The second kappa shape index (κ2) is 8.36. The first kappa shape index (κ1) is 19.0. The van der Waals surface area contributed by atoms with Crippen molar-refractivity contribution in [2.75, 3.05) is 13.2 Å². The second-order valence-electron chi connectivity index (χ2n) is 7.67. The molecule has 2 aromatic rings. The van der Waals surface area contributed by atoms with Gasteiger partial charge in [0.2, 0.25) is 0 Å². The van der Waals surface area contributed by atoms with E-state index in [9.17, 15) is 4.79 Å². The first-order valence-electron chi connectivity index (χ1n) is 10.5. The van der Waals surface area contributed by atoms with E-state index in [0.29, 0.717) is 19.0 Å². The van der Waals surface area contributed by atoms with E-state index in [1.165, 1.54) is 0 Å². The molecule has 0 amide bonds. The molecular weight excluding hydrogens is 350 g/mol. The Bertz CT molecular complexity index is 734. The largest absolute Gasteiger partial charge is 0.494 e. The summed E-state index contributed by atoms with van der Waals surface area (Å²) in [5.41, 5.74) is 2.33. The lowest BCUT2D eigenvalue weighted by Gasteiger charge is -2.45. The Balaban J connectivity index is 1.61. The van der Waals surface area contributed by atoms with E-state index >= 15 is 0 Å². The van der Waals surface area contributed by atoms with Crippen LogP contribution in [0.25, 0.3) is 0 Å². The van der Waals surface area contributed by atoms with Gasteiger partial charge in [0, 0.05) is 23.9 Å². The molecule has 148 valence electrons. The van der Waals surface area contributed by atoms with E-state index < -0.39 is 0 Å². The minimum absolute atomic E-state index is 0.0521. The van der Waals surface area contributed by atoms with Crippen molar-refractivity contribution >= 4 is 5.78 Å². The molecule has 1 saturated heterocycles. The highest BCUT2D eigenvalue weighted by molar-refractivity contribution is 5.87. The lowest BCUT2D eigenvalue weighted by Crippen LogP contribution is -2.50. The number of carbonyl (C=O) groups excluding carboxylic acids is 1. The molecule has 1 aliphatic carbocycles. The molecule has 4 rings (SSSR count). The number of ether oxygens (including phenoxy) is 2. The molecule has 0 unspecified atom stereocenters. The van der Waals surface area contributed by atoms with Gasteiger partial charge in [0.1, 0.15) is 17.3 Å². The average molecular weight is 380 g/mol. The Morgan fingerprint density at radius 1 is 0.786 bits per heavy atom. The summed E-state index contributed by atoms with van der Waals surface area (Å²) in [5.74, 6) is 2.30. The summed E-state index contributed by atoms with van der Waals surface area (Å²) in [6.45, 7) is 5.28. The van der Waals surface area contributed by atoms with Gasteiger partial charge in [0.05, 0.1) is 13.2 Å². The standard InChI is InChI=1S/C24H29NO3/c1-3-27-18-12-8-16(9-13-18)22-20-6-5-7-21(24(20)26)23(25-22)17-10-14-19(15-11-17)28-4-2/h8-15,20-23,25H,3-7H2,1-2H3/t20-,21-,22+,23+/m1/s1. The Hall–Kier alpha value is -2.33. The number of benzene rings is 2. The van der Waals surface area contributed by atoms with Crippen LogP contribution >= 0.6 is 0 Å². The van der Waals surface area contributed by atoms with E-state index in [1.807, 2.05) is 38.1 Å². The molecule has 0 spiro atoms. The van der Waals surface area contributed by atoms with Gasteiger partial charge in [-0.1, -0.05) is 30.7 Å². The highest BCUT2D eigenvalue weighted by atomic mass is 16.5. The van der Waals surface area contributed by atoms with Gasteiger partial charge in [-0.05, 0) is 62.1 Å². The van der Waals surface area contributed by atoms with Gasteiger partial charge < -0.3 is 14.8 Å². The molecule has 1 aliphatic heterocycles. The predicted molar refractivity (Wildman–Crippen MR) is 110 cm³/mol. The van der Waals surface area contributed by atoms with E-state index in [0.717, 1.165) is 41.9 Å². The number of nitrogens with one attached hydrogen (secondary N) is 1. The zero-order chi connectivity index (χ0) is 19.5. The van der Waals surface area contributed by atoms with Gasteiger partial charge in [-0.15, -0.1) is 0 Å². The molecule has 4 nitrogen and oxygen atoms in total. The van der Waals surface area contributed by atoms with Crippen molar-refractivity contribution in [3.8, 4) is 11.5 Å². The maximum Gasteiger partial charge on any atom is 0.142 e. The van der Waals surface area contributed by atoms with Crippen LogP contribution in [0.5, 0.6) is 11.5 Å². The summed E-state index contributed by atoms with van der Waals surface area (Å²) in [6.07, 6.45) is 3.05. The maximum atomic E-state index is 13.2. The van der Waals surface area contributed by atoms with Crippen molar-refractivity contribution in [1.82, 2.24) is 5.32 Å². The molecule has 1 N–H and O–H groups in total. The third kappa shape index (κ3) is 3.66. The summed E-state index contributed by atoms with van der Waals surface area (Å²) in [6, 6.07) is 16.5. The van der Waals surface area contributed by atoms with Crippen molar-refractivity contribution in [2.45, 2.75) is 45.2 Å². The topological polar surface area (TPSA) is 47.6 Å². The molecule has 0 radical (unpaired) electrons. The van der Waals surface area contributed by atoms with Gasteiger partial charge in [-0.3, -0.25) is 4.79 Å².